The van der Waals surface area contributed by atoms with Crippen molar-refractivity contribution < 1.29 is 13.2 Å². The van der Waals surface area contributed by atoms with Crippen LogP contribution in [0.4, 0.5) is 0 Å². The molecule has 6 heteroatoms. The molecule has 2 aliphatic rings. The Morgan fingerprint density at radius 3 is 2.19 bits per heavy atom. The molecule has 3 rings (SSSR count). The van der Waals surface area contributed by atoms with E-state index < -0.39 is 10.0 Å². The molecule has 0 radical (unpaired) electrons. The highest BCUT2D eigenvalue weighted by atomic mass is 32.2. The molecule has 1 aromatic carbocycles. The summed E-state index contributed by atoms with van der Waals surface area (Å²) in [5, 5.41) is 0. The second-order valence-electron chi connectivity index (χ2n) is 5.60. The van der Waals surface area contributed by atoms with Crippen LogP contribution in [0.5, 0.6) is 0 Å². The normalized spacial score (nSPS) is 23.2. The predicted octanol–water partition coefficient (Wildman–Crippen LogP) is 1.17. The maximum Gasteiger partial charge on any atom is 0.243 e. The minimum atomic E-state index is -3.33. The molecule has 0 aliphatic carbocycles. The van der Waals surface area contributed by atoms with Gasteiger partial charge in [-0.25, -0.2) is 8.42 Å². The maximum atomic E-state index is 12.6. The van der Waals surface area contributed by atoms with Gasteiger partial charge in [-0.05, 0) is 25.0 Å². The Hall–Kier alpha value is -0.950. The van der Waals surface area contributed by atoms with E-state index in [1.165, 1.54) is 0 Å². The second-order valence-corrected chi connectivity index (χ2v) is 7.53. The van der Waals surface area contributed by atoms with Gasteiger partial charge in [0.15, 0.2) is 0 Å². The van der Waals surface area contributed by atoms with Crippen molar-refractivity contribution in [1.29, 1.82) is 0 Å². The molecule has 0 bridgehead atoms. The monoisotopic (exact) mass is 310 g/mol. The van der Waals surface area contributed by atoms with Gasteiger partial charge in [0.1, 0.15) is 0 Å². The van der Waals surface area contributed by atoms with Gasteiger partial charge in [0.2, 0.25) is 10.0 Å². The summed E-state index contributed by atoms with van der Waals surface area (Å²) in [7, 11) is -3.33. The van der Waals surface area contributed by atoms with Crippen molar-refractivity contribution in [3.05, 3.63) is 30.3 Å². The van der Waals surface area contributed by atoms with E-state index in [4.69, 9.17) is 4.74 Å². The molecule has 0 spiro atoms. The lowest BCUT2D eigenvalue weighted by atomic mass is 10.0. The van der Waals surface area contributed by atoms with Gasteiger partial charge in [-0.3, -0.25) is 4.90 Å². The van der Waals surface area contributed by atoms with Gasteiger partial charge in [0.25, 0.3) is 0 Å². The first kappa shape index (κ1) is 15.0. The average molecular weight is 310 g/mol. The molecular weight excluding hydrogens is 288 g/mol. The molecule has 0 amide bonds. The summed E-state index contributed by atoms with van der Waals surface area (Å²) in [5.74, 6) is 0. The molecule has 116 valence electrons. The summed E-state index contributed by atoms with van der Waals surface area (Å²) in [6.45, 7) is 4.75. The van der Waals surface area contributed by atoms with Gasteiger partial charge in [0, 0.05) is 32.2 Å². The van der Waals surface area contributed by atoms with Gasteiger partial charge in [-0.15, -0.1) is 0 Å². The van der Waals surface area contributed by atoms with Crippen LogP contribution in [-0.4, -0.2) is 63.1 Å². The molecule has 0 N–H and O–H groups in total. The highest BCUT2D eigenvalue weighted by Crippen LogP contribution is 2.23. The number of hydrogen-bond donors (Lipinski definition) is 0. The first-order chi connectivity index (χ1) is 10.2. The Kier molecular flexibility index (Phi) is 4.59. The molecule has 2 aliphatic heterocycles. The molecular formula is C15H22N2O3S. The van der Waals surface area contributed by atoms with Crippen molar-refractivity contribution in [2.24, 2.45) is 0 Å². The summed E-state index contributed by atoms with van der Waals surface area (Å²) in [4.78, 5) is 2.84. The highest BCUT2D eigenvalue weighted by Gasteiger charge is 2.31. The molecule has 0 aromatic heterocycles. The fraction of sp³-hybridized carbons (Fsp3) is 0.600. The molecule has 21 heavy (non-hydrogen) atoms. The maximum absolute atomic E-state index is 12.6. The van der Waals surface area contributed by atoms with Gasteiger partial charge in [-0.2, -0.15) is 4.31 Å². The smallest absolute Gasteiger partial charge is 0.243 e. The molecule has 5 nitrogen and oxygen atoms in total. The Bertz CT molecular complexity index is 548. The van der Waals surface area contributed by atoms with Crippen LogP contribution in [0.1, 0.15) is 12.8 Å². The lowest BCUT2D eigenvalue weighted by molar-refractivity contribution is 0.00610. The first-order valence-corrected chi connectivity index (χ1v) is 8.99. The van der Waals surface area contributed by atoms with Crippen molar-refractivity contribution >= 4 is 10.0 Å². The van der Waals surface area contributed by atoms with Crippen molar-refractivity contribution in [1.82, 2.24) is 9.21 Å². The third-order valence-electron chi connectivity index (χ3n) is 4.37. The number of sulfonamides is 1. The van der Waals surface area contributed by atoms with Crippen LogP contribution < -0.4 is 0 Å². The average Bonchev–Trinajstić information content (AvgIpc) is 2.57. The molecule has 0 saturated carbocycles. The van der Waals surface area contributed by atoms with Crippen LogP contribution in [0.25, 0.3) is 0 Å². The van der Waals surface area contributed by atoms with E-state index in [0.29, 0.717) is 24.0 Å². The van der Waals surface area contributed by atoms with Crippen LogP contribution in [0, 0.1) is 0 Å². The number of rotatable bonds is 3. The number of hydrogen-bond acceptors (Lipinski definition) is 4. The lowest BCUT2D eigenvalue weighted by Crippen LogP contribution is -2.50. The molecule has 2 fully saturated rings. The van der Waals surface area contributed by atoms with Crippen LogP contribution in [0.3, 0.4) is 0 Å². The van der Waals surface area contributed by atoms with Gasteiger partial charge in [-0.1, -0.05) is 18.2 Å². The van der Waals surface area contributed by atoms with Gasteiger partial charge in [0.05, 0.1) is 18.1 Å². The van der Waals surface area contributed by atoms with E-state index >= 15 is 0 Å². The molecule has 1 aromatic rings. The zero-order valence-electron chi connectivity index (χ0n) is 12.1. The summed E-state index contributed by atoms with van der Waals surface area (Å²) < 4.78 is 32.1. The predicted molar refractivity (Wildman–Crippen MR) is 80.6 cm³/mol. The molecule has 2 heterocycles. The van der Waals surface area contributed by atoms with Crippen LogP contribution in [0.15, 0.2) is 35.2 Å². The summed E-state index contributed by atoms with van der Waals surface area (Å²) in [6.07, 6.45) is 1.82. The minimum absolute atomic E-state index is 0.398. The number of piperidine rings is 1. The van der Waals surface area contributed by atoms with E-state index in [-0.39, 0.29) is 0 Å². The highest BCUT2D eigenvalue weighted by molar-refractivity contribution is 7.89. The zero-order chi connectivity index (χ0) is 14.7. The Morgan fingerprint density at radius 1 is 0.952 bits per heavy atom. The summed E-state index contributed by atoms with van der Waals surface area (Å²) >= 11 is 0. The third-order valence-corrected chi connectivity index (χ3v) is 6.28. The van der Waals surface area contributed by atoms with Crippen LogP contribution in [-0.2, 0) is 14.8 Å². The number of morpholine rings is 1. The minimum Gasteiger partial charge on any atom is -0.379 e. The molecule has 0 atom stereocenters. The van der Waals surface area contributed by atoms with Gasteiger partial charge >= 0.3 is 0 Å². The molecule has 0 unspecified atom stereocenters. The Balaban J connectivity index is 1.63. The second kappa shape index (κ2) is 6.44. The van der Waals surface area contributed by atoms with Crippen LogP contribution >= 0.6 is 0 Å². The number of benzene rings is 1. The van der Waals surface area contributed by atoms with Crippen LogP contribution in [0.2, 0.25) is 0 Å². The Morgan fingerprint density at radius 2 is 1.57 bits per heavy atom. The number of ether oxygens (including phenoxy) is 1. The largest absolute Gasteiger partial charge is 0.379 e. The SMILES string of the molecule is O=S(=O)(c1ccccc1)N1CCC(N2CCOCC2)CC1. The molecule has 2 saturated heterocycles. The third kappa shape index (κ3) is 3.29. The topological polar surface area (TPSA) is 49.9 Å². The van der Waals surface area contributed by atoms with E-state index in [9.17, 15) is 8.42 Å². The zero-order valence-corrected chi connectivity index (χ0v) is 13.0. The fourth-order valence-electron chi connectivity index (χ4n) is 3.13. The van der Waals surface area contributed by atoms with Crippen molar-refractivity contribution in [3.8, 4) is 0 Å². The van der Waals surface area contributed by atoms with E-state index in [1.807, 2.05) is 6.07 Å². The quantitative estimate of drug-likeness (QED) is 0.841. The van der Waals surface area contributed by atoms with E-state index in [1.54, 1.807) is 28.6 Å². The van der Waals surface area contributed by atoms with Crippen molar-refractivity contribution in [2.75, 3.05) is 39.4 Å². The van der Waals surface area contributed by atoms with Crippen molar-refractivity contribution in [2.45, 2.75) is 23.8 Å². The fourth-order valence-corrected chi connectivity index (χ4v) is 4.62. The first-order valence-electron chi connectivity index (χ1n) is 7.55. The Labute approximate surface area is 126 Å². The number of nitrogens with zero attached hydrogens (tertiary/aromatic N) is 2. The van der Waals surface area contributed by atoms with Gasteiger partial charge < -0.3 is 4.74 Å². The van der Waals surface area contributed by atoms with E-state index in [0.717, 1.165) is 39.1 Å². The van der Waals surface area contributed by atoms with Crippen molar-refractivity contribution in [3.63, 3.8) is 0 Å². The van der Waals surface area contributed by atoms with E-state index in [2.05, 4.69) is 4.90 Å². The summed E-state index contributed by atoms with van der Waals surface area (Å²) in [6, 6.07) is 9.22. The standard InChI is InChI=1S/C15H22N2O3S/c18-21(19,15-4-2-1-3-5-15)17-8-6-14(7-9-17)16-10-12-20-13-11-16/h1-5,14H,6-13H2. The summed E-state index contributed by atoms with van der Waals surface area (Å²) in [5.41, 5.74) is 0. The lowest BCUT2D eigenvalue weighted by Gasteiger charge is -2.39.